The Balaban J connectivity index is 1.53. The number of hydrogen-bond donors (Lipinski definition) is 0. The molecule has 140 valence electrons. The molecule has 0 amide bonds. The molecular formula is C21H23ClN4S. The van der Waals surface area contributed by atoms with Gasteiger partial charge in [0.15, 0.2) is 4.77 Å². The summed E-state index contributed by atoms with van der Waals surface area (Å²) in [6.45, 7) is 2.28. The number of hydrogen-bond acceptors (Lipinski definition) is 3. The highest BCUT2D eigenvalue weighted by Crippen LogP contribution is 2.39. The maximum absolute atomic E-state index is 5.98. The lowest BCUT2D eigenvalue weighted by molar-refractivity contribution is 0.243. The number of nitrogens with zero attached hydrogens (tertiary/aromatic N) is 4. The number of rotatable bonds is 7. The Morgan fingerprint density at radius 2 is 1.78 bits per heavy atom. The second-order valence-corrected chi connectivity index (χ2v) is 8.07. The first-order chi connectivity index (χ1) is 13.1. The van der Waals surface area contributed by atoms with Crippen molar-refractivity contribution in [2.45, 2.75) is 38.5 Å². The molecule has 1 aliphatic rings. The number of halogens is 1. The van der Waals surface area contributed by atoms with Crippen LogP contribution >= 0.6 is 23.8 Å². The zero-order chi connectivity index (χ0) is 18.8. The van der Waals surface area contributed by atoms with Crippen molar-refractivity contribution in [3.8, 4) is 0 Å². The van der Waals surface area contributed by atoms with E-state index in [2.05, 4.69) is 52.9 Å². The smallest absolute Gasteiger partial charge is 0.199 e. The van der Waals surface area contributed by atoms with Crippen LogP contribution in [0.25, 0.3) is 0 Å². The largest absolute Gasteiger partial charge is 0.299 e. The van der Waals surface area contributed by atoms with E-state index in [-0.39, 0.29) is 0 Å². The molecule has 6 heteroatoms. The molecule has 0 bridgehead atoms. The fourth-order valence-corrected chi connectivity index (χ4v) is 3.67. The van der Waals surface area contributed by atoms with Crippen LogP contribution in [-0.4, -0.2) is 26.3 Å². The summed E-state index contributed by atoms with van der Waals surface area (Å²) in [6.07, 6.45) is 2.42. The van der Waals surface area contributed by atoms with E-state index >= 15 is 0 Å². The Morgan fingerprint density at radius 3 is 2.44 bits per heavy atom. The third-order valence-corrected chi connectivity index (χ3v) is 5.50. The Labute approximate surface area is 170 Å². The van der Waals surface area contributed by atoms with Crippen molar-refractivity contribution in [1.29, 1.82) is 0 Å². The molecule has 0 N–H and O–H groups in total. The second-order valence-electron chi connectivity index (χ2n) is 7.27. The topological polar surface area (TPSA) is 26.0 Å². The van der Waals surface area contributed by atoms with Crippen LogP contribution in [0.15, 0.2) is 54.6 Å². The van der Waals surface area contributed by atoms with E-state index in [1.807, 2.05) is 22.9 Å². The molecule has 1 saturated carbocycles. The van der Waals surface area contributed by atoms with Crippen molar-refractivity contribution < 1.29 is 0 Å². The van der Waals surface area contributed by atoms with Gasteiger partial charge < -0.3 is 0 Å². The third kappa shape index (κ3) is 4.49. The molecule has 0 atom stereocenters. The monoisotopic (exact) mass is 398 g/mol. The van der Waals surface area contributed by atoms with Crippen molar-refractivity contribution in [2.24, 2.45) is 0 Å². The SMILES string of the molecule is CN(Cc1ccc(Cl)cc1)Cn1nc(C2CC2)n(Cc2ccccc2)c1=S. The third-order valence-electron chi connectivity index (χ3n) is 4.82. The van der Waals surface area contributed by atoms with Crippen molar-refractivity contribution in [1.82, 2.24) is 19.2 Å². The Bertz CT molecular complexity index is 958. The molecule has 2 aromatic carbocycles. The molecule has 0 saturated heterocycles. The minimum atomic E-state index is 0.554. The molecular weight excluding hydrogens is 376 g/mol. The van der Waals surface area contributed by atoms with E-state index in [4.69, 9.17) is 28.9 Å². The van der Waals surface area contributed by atoms with E-state index < -0.39 is 0 Å². The molecule has 0 aliphatic heterocycles. The molecule has 27 heavy (non-hydrogen) atoms. The van der Waals surface area contributed by atoms with Crippen LogP contribution < -0.4 is 0 Å². The van der Waals surface area contributed by atoms with Gasteiger partial charge in [-0.2, -0.15) is 5.10 Å². The van der Waals surface area contributed by atoms with Gasteiger partial charge in [0, 0.05) is 17.5 Å². The van der Waals surface area contributed by atoms with Gasteiger partial charge in [-0.1, -0.05) is 54.1 Å². The minimum Gasteiger partial charge on any atom is -0.299 e. The lowest BCUT2D eigenvalue weighted by Crippen LogP contribution is -2.22. The van der Waals surface area contributed by atoms with E-state index in [0.29, 0.717) is 12.6 Å². The molecule has 1 fully saturated rings. The fraction of sp³-hybridized carbons (Fsp3) is 0.333. The zero-order valence-electron chi connectivity index (χ0n) is 15.4. The first-order valence-electron chi connectivity index (χ1n) is 9.24. The standard InChI is InChI=1S/C21H23ClN4S/c1-24(13-17-7-11-19(22)12-8-17)15-26-21(27)25(20(23-26)18-9-10-18)14-16-5-3-2-4-6-16/h2-8,11-12,18H,9-10,13-15H2,1H3. The molecule has 1 heterocycles. The van der Waals surface area contributed by atoms with Gasteiger partial charge in [0.25, 0.3) is 0 Å². The maximum Gasteiger partial charge on any atom is 0.199 e. The van der Waals surface area contributed by atoms with Gasteiger partial charge in [-0.25, -0.2) is 4.68 Å². The summed E-state index contributed by atoms with van der Waals surface area (Å²) in [7, 11) is 2.09. The second kappa shape index (κ2) is 7.97. The lowest BCUT2D eigenvalue weighted by Gasteiger charge is -2.16. The van der Waals surface area contributed by atoms with Crippen molar-refractivity contribution >= 4 is 23.8 Å². The quantitative estimate of drug-likeness (QED) is 0.519. The van der Waals surface area contributed by atoms with E-state index in [1.165, 1.54) is 24.0 Å². The van der Waals surface area contributed by atoms with Gasteiger partial charge in [-0.05, 0) is 55.4 Å². The fourth-order valence-electron chi connectivity index (χ4n) is 3.29. The summed E-state index contributed by atoms with van der Waals surface area (Å²) >= 11 is 11.8. The summed E-state index contributed by atoms with van der Waals surface area (Å²) in [4.78, 5) is 2.22. The van der Waals surface area contributed by atoms with Crippen LogP contribution in [0.5, 0.6) is 0 Å². The molecule has 3 aromatic rings. The predicted molar refractivity (Wildman–Crippen MR) is 111 cm³/mol. The van der Waals surface area contributed by atoms with E-state index in [9.17, 15) is 0 Å². The van der Waals surface area contributed by atoms with Gasteiger partial charge in [0.1, 0.15) is 5.82 Å². The lowest BCUT2D eigenvalue weighted by atomic mass is 10.2. The summed E-state index contributed by atoms with van der Waals surface area (Å²) in [5.41, 5.74) is 2.48. The molecule has 1 aromatic heterocycles. The Kier molecular flexibility index (Phi) is 5.43. The first-order valence-corrected chi connectivity index (χ1v) is 10.0. The van der Waals surface area contributed by atoms with Gasteiger partial charge >= 0.3 is 0 Å². The van der Waals surface area contributed by atoms with E-state index in [1.54, 1.807) is 0 Å². The van der Waals surface area contributed by atoms with E-state index in [0.717, 1.165) is 28.7 Å². The van der Waals surface area contributed by atoms with Crippen molar-refractivity contribution in [3.05, 3.63) is 81.3 Å². The summed E-state index contributed by atoms with van der Waals surface area (Å²) in [6, 6.07) is 18.4. The summed E-state index contributed by atoms with van der Waals surface area (Å²) < 4.78 is 4.96. The normalized spacial score (nSPS) is 14.0. The summed E-state index contributed by atoms with van der Waals surface area (Å²) in [5, 5.41) is 5.64. The predicted octanol–water partition coefficient (Wildman–Crippen LogP) is 5.08. The molecule has 1 aliphatic carbocycles. The highest BCUT2D eigenvalue weighted by atomic mass is 35.5. The molecule has 0 unspecified atom stereocenters. The van der Waals surface area contributed by atoms with Crippen molar-refractivity contribution in [3.63, 3.8) is 0 Å². The zero-order valence-corrected chi connectivity index (χ0v) is 17.0. The van der Waals surface area contributed by atoms with Gasteiger partial charge in [0.2, 0.25) is 0 Å². The van der Waals surface area contributed by atoms with Crippen LogP contribution in [0.1, 0.15) is 35.7 Å². The van der Waals surface area contributed by atoms with Crippen LogP contribution in [-0.2, 0) is 19.8 Å². The molecule has 4 nitrogen and oxygen atoms in total. The van der Waals surface area contributed by atoms with Crippen molar-refractivity contribution in [2.75, 3.05) is 7.05 Å². The van der Waals surface area contributed by atoms with Gasteiger partial charge in [-0.3, -0.25) is 9.47 Å². The molecule has 4 rings (SSSR count). The van der Waals surface area contributed by atoms with Crippen LogP contribution in [0.2, 0.25) is 5.02 Å². The van der Waals surface area contributed by atoms with Crippen LogP contribution in [0.4, 0.5) is 0 Å². The highest BCUT2D eigenvalue weighted by molar-refractivity contribution is 7.71. The van der Waals surface area contributed by atoms with Gasteiger partial charge in [0.05, 0.1) is 13.2 Å². The minimum absolute atomic E-state index is 0.554. The Morgan fingerprint density at radius 1 is 1.07 bits per heavy atom. The summed E-state index contributed by atoms with van der Waals surface area (Å²) in [5.74, 6) is 1.68. The van der Waals surface area contributed by atoms with Crippen LogP contribution in [0, 0.1) is 4.77 Å². The maximum atomic E-state index is 5.98. The molecule has 0 spiro atoms. The van der Waals surface area contributed by atoms with Crippen LogP contribution in [0.3, 0.4) is 0 Å². The first kappa shape index (κ1) is 18.4. The number of aromatic nitrogens is 3. The Hall–Kier alpha value is -1.95. The molecule has 0 radical (unpaired) electrons. The van der Waals surface area contributed by atoms with Gasteiger partial charge in [-0.15, -0.1) is 0 Å². The average molecular weight is 399 g/mol. The highest BCUT2D eigenvalue weighted by Gasteiger charge is 2.30. The number of benzene rings is 2. The average Bonchev–Trinajstić information content (AvgIpc) is 3.46.